The predicted molar refractivity (Wildman–Crippen MR) is 89.1 cm³/mol. The first-order valence-corrected chi connectivity index (χ1v) is 8.15. The maximum absolute atomic E-state index is 12.1. The number of ether oxygens (including phenoxy) is 2. The number of nitrogens with zero attached hydrogens (tertiary/aromatic N) is 2. The third-order valence-electron chi connectivity index (χ3n) is 3.96. The molecule has 0 saturated carbocycles. The Hall–Kier alpha value is -2.64. The van der Waals surface area contributed by atoms with Crippen LogP contribution in [-0.4, -0.2) is 48.0 Å². The lowest BCUT2D eigenvalue weighted by molar-refractivity contribution is -0.384. The Balaban J connectivity index is 1.76. The molecule has 1 aliphatic rings. The van der Waals surface area contributed by atoms with Crippen molar-refractivity contribution in [2.45, 2.75) is 20.3 Å². The van der Waals surface area contributed by atoms with Gasteiger partial charge < -0.3 is 14.4 Å². The first-order valence-electron chi connectivity index (χ1n) is 8.15. The van der Waals surface area contributed by atoms with Gasteiger partial charge in [0.2, 0.25) is 0 Å². The smallest absolute Gasteiger partial charge is 0.344 e. The summed E-state index contributed by atoms with van der Waals surface area (Å²) in [6.45, 7) is 4.79. The van der Waals surface area contributed by atoms with Gasteiger partial charge in [-0.1, -0.05) is 19.9 Å². The molecule has 0 radical (unpaired) electrons. The molecular formula is C17H22N2O6. The molecule has 2 rings (SSSR count). The van der Waals surface area contributed by atoms with E-state index in [0.29, 0.717) is 24.9 Å². The zero-order valence-corrected chi connectivity index (χ0v) is 14.3. The Morgan fingerprint density at radius 3 is 2.56 bits per heavy atom. The number of carbonyl (C=O) groups is 2. The number of nitro benzene ring substituents is 1. The molecule has 0 N–H and O–H groups in total. The molecule has 1 amide bonds. The summed E-state index contributed by atoms with van der Waals surface area (Å²) in [6.07, 6.45) is 1.08. The van der Waals surface area contributed by atoms with Gasteiger partial charge in [-0.25, -0.2) is 4.79 Å². The number of non-ortho nitro benzene ring substituents is 1. The highest BCUT2D eigenvalue weighted by molar-refractivity contribution is 5.81. The molecule has 0 spiro atoms. The second-order valence-corrected chi connectivity index (χ2v) is 6.45. The molecule has 0 aromatic heterocycles. The average molecular weight is 350 g/mol. The van der Waals surface area contributed by atoms with E-state index >= 15 is 0 Å². The van der Waals surface area contributed by atoms with Crippen LogP contribution in [0.3, 0.4) is 0 Å². The largest absolute Gasteiger partial charge is 0.482 e. The summed E-state index contributed by atoms with van der Waals surface area (Å²) < 4.78 is 10.1. The van der Waals surface area contributed by atoms with E-state index in [1.54, 1.807) is 4.90 Å². The van der Waals surface area contributed by atoms with E-state index in [1.807, 2.05) is 0 Å². The van der Waals surface area contributed by atoms with Crippen LogP contribution < -0.4 is 4.74 Å². The molecule has 1 fully saturated rings. The van der Waals surface area contributed by atoms with Crippen molar-refractivity contribution in [3.63, 3.8) is 0 Å². The maximum Gasteiger partial charge on any atom is 0.344 e. The van der Waals surface area contributed by atoms with Gasteiger partial charge >= 0.3 is 5.97 Å². The number of piperidine rings is 1. The van der Waals surface area contributed by atoms with E-state index in [1.165, 1.54) is 24.3 Å². The van der Waals surface area contributed by atoms with Crippen LogP contribution in [0.5, 0.6) is 5.75 Å². The molecule has 1 saturated heterocycles. The SMILES string of the molecule is CC1CC(C)CN(C(=O)COC(=O)COc2cccc([N+](=O)[O-])c2)C1. The van der Waals surface area contributed by atoms with E-state index in [4.69, 9.17) is 9.47 Å². The Kier molecular flexibility index (Phi) is 6.32. The van der Waals surface area contributed by atoms with Crippen molar-refractivity contribution in [2.75, 3.05) is 26.3 Å². The maximum atomic E-state index is 12.1. The highest BCUT2D eigenvalue weighted by atomic mass is 16.6. The van der Waals surface area contributed by atoms with Gasteiger partial charge in [0.25, 0.3) is 11.6 Å². The van der Waals surface area contributed by atoms with Crippen LogP contribution in [0.4, 0.5) is 5.69 Å². The number of rotatable bonds is 6. The molecular weight excluding hydrogens is 328 g/mol. The van der Waals surface area contributed by atoms with E-state index < -0.39 is 17.5 Å². The molecule has 2 unspecified atom stereocenters. The molecule has 1 aromatic rings. The van der Waals surface area contributed by atoms with Gasteiger partial charge in [-0.15, -0.1) is 0 Å². The van der Waals surface area contributed by atoms with Crippen LogP contribution in [0.25, 0.3) is 0 Å². The molecule has 25 heavy (non-hydrogen) atoms. The Bertz CT molecular complexity index is 638. The lowest BCUT2D eigenvalue weighted by Gasteiger charge is -2.34. The van der Waals surface area contributed by atoms with Crippen LogP contribution in [0, 0.1) is 22.0 Å². The third kappa shape index (κ3) is 5.74. The molecule has 1 aromatic carbocycles. The fourth-order valence-electron chi connectivity index (χ4n) is 2.97. The standard InChI is InChI=1S/C17H22N2O6/c1-12-6-13(2)9-18(8-12)16(20)10-25-17(21)11-24-15-5-3-4-14(7-15)19(22)23/h3-5,7,12-13H,6,8-11H2,1-2H3. The number of hydrogen-bond acceptors (Lipinski definition) is 6. The van der Waals surface area contributed by atoms with Gasteiger partial charge in [0.1, 0.15) is 5.75 Å². The zero-order chi connectivity index (χ0) is 18.4. The van der Waals surface area contributed by atoms with Crippen LogP contribution in [0.15, 0.2) is 24.3 Å². The van der Waals surface area contributed by atoms with Crippen molar-refractivity contribution in [1.82, 2.24) is 4.90 Å². The minimum Gasteiger partial charge on any atom is -0.482 e. The van der Waals surface area contributed by atoms with Crippen molar-refractivity contribution >= 4 is 17.6 Å². The summed E-state index contributed by atoms with van der Waals surface area (Å²) >= 11 is 0. The van der Waals surface area contributed by atoms with Gasteiger partial charge in [-0.2, -0.15) is 0 Å². The van der Waals surface area contributed by atoms with Crippen molar-refractivity contribution in [1.29, 1.82) is 0 Å². The van der Waals surface area contributed by atoms with Crippen molar-refractivity contribution in [3.8, 4) is 5.75 Å². The molecule has 8 heteroatoms. The number of hydrogen-bond donors (Lipinski definition) is 0. The first kappa shape index (κ1) is 18.7. The fraction of sp³-hybridized carbons (Fsp3) is 0.529. The first-order chi connectivity index (χ1) is 11.8. The van der Waals surface area contributed by atoms with Crippen molar-refractivity contribution in [2.24, 2.45) is 11.8 Å². The van der Waals surface area contributed by atoms with Gasteiger partial charge in [-0.05, 0) is 24.3 Å². The van der Waals surface area contributed by atoms with Crippen LogP contribution >= 0.6 is 0 Å². The fourth-order valence-corrected chi connectivity index (χ4v) is 2.97. The van der Waals surface area contributed by atoms with Crippen molar-refractivity contribution < 1.29 is 24.0 Å². The summed E-state index contributed by atoms with van der Waals surface area (Å²) in [5.74, 6) is 0.137. The predicted octanol–water partition coefficient (Wildman–Crippen LogP) is 2.02. The number of carbonyl (C=O) groups excluding carboxylic acids is 2. The molecule has 136 valence electrons. The summed E-state index contributed by atoms with van der Waals surface area (Å²) in [5.41, 5.74) is -0.130. The molecule has 1 heterocycles. The minimum atomic E-state index is -0.696. The van der Waals surface area contributed by atoms with Crippen LogP contribution in [0.2, 0.25) is 0 Å². The quantitative estimate of drug-likeness (QED) is 0.442. The van der Waals surface area contributed by atoms with E-state index in [0.717, 1.165) is 6.42 Å². The minimum absolute atomic E-state index is 0.130. The molecule has 0 aliphatic carbocycles. The normalized spacial score (nSPS) is 20.0. The molecule has 0 bridgehead atoms. The van der Waals surface area contributed by atoms with E-state index in [9.17, 15) is 19.7 Å². The highest BCUT2D eigenvalue weighted by Crippen LogP contribution is 2.21. The molecule has 2 atom stereocenters. The van der Waals surface area contributed by atoms with Crippen molar-refractivity contribution in [3.05, 3.63) is 34.4 Å². The highest BCUT2D eigenvalue weighted by Gasteiger charge is 2.25. The Morgan fingerprint density at radius 1 is 1.24 bits per heavy atom. The average Bonchev–Trinajstić information content (AvgIpc) is 2.57. The Labute approximate surface area is 145 Å². The second kappa shape index (κ2) is 8.46. The summed E-state index contributed by atoms with van der Waals surface area (Å²) in [6, 6.07) is 5.50. The zero-order valence-electron chi connectivity index (χ0n) is 14.3. The van der Waals surface area contributed by atoms with E-state index in [-0.39, 0.29) is 24.0 Å². The number of nitro groups is 1. The number of amides is 1. The van der Waals surface area contributed by atoms with E-state index in [2.05, 4.69) is 13.8 Å². The van der Waals surface area contributed by atoms with Gasteiger partial charge in [0.15, 0.2) is 13.2 Å². The topological polar surface area (TPSA) is 99.0 Å². The number of esters is 1. The third-order valence-corrected chi connectivity index (χ3v) is 3.96. The lowest BCUT2D eigenvalue weighted by Crippen LogP contribution is -2.44. The lowest BCUT2D eigenvalue weighted by atomic mass is 9.92. The monoisotopic (exact) mass is 350 g/mol. The summed E-state index contributed by atoms with van der Waals surface area (Å²) in [5, 5.41) is 10.7. The summed E-state index contributed by atoms with van der Waals surface area (Å²) in [4.78, 5) is 35.7. The van der Waals surface area contributed by atoms with Gasteiger partial charge in [0, 0.05) is 19.2 Å². The van der Waals surface area contributed by atoms with Gasteiger partial charge in [0.05, 0.1) is 11.0 Å². The second-order valence-electron chi connectivity index (χ2n) is 6.45. The van der Waals surface area contributed by atoms with Crippen LogP contribution in [0.1, 0.15) is 20.3 Å². The molecule has 1 aliphatic heterocycles. The Morgan fingerprint density at radius 2 is 1.92 bits per heavy atom. The number of likely N-dealkylation sites (tertiary alicyclic amines) is 1. The number of benzene rings is 1. The van der Waals surface area contributed by atoms with Crippen LogP contribution in [-0.2, 0) is 14.3 Å². The molecule has 8 nitrogen and oxygen atoms in total. The van der Waals surface area contributed by atoms with Gasteiger partial charge in [-0.3, -0.25) is 14.9 Å². The summed E-state index contributed by atoms with van der Waals surface area (Å²) in [7, 11) is 0.